The van der Waals surface area contributed by atoms with E-state index < -0.39 is 7.14 Å². The molecule has 1 nitrogen and oxygen atoms in total. The molecule has 1 aliphatic carbocycles. The van der Waals surface area contributed by atoms with Gasteiger partial charge < -0.3 is 4.57 Å². The maximum Gasteiger partial charge on any atom is 0.0906 e. The van der Waals surface area contributed by atoms with Gasteiger partial charge in [0.1, 0.15) is 0 Å². The lowest BCUT2D eigenvalue weighted by atomic mass is 10.0. The molecule has 1 saturated carbocycles. The van der Waals surface area contributed by atoms with Gasteiger partial charge in [-0.05, 0) is 25.7 Å². The summed E-state index contributed by atoms with van der Waals surface area (Å²) in [4.78, 5) is 0. The highest BCUT2D eigenvalue weighted by molar-refractivity contribution is 7.64. The summed E-state index contributed by atoms with van der Waals surface area (Å²) in [5.74, 6) is 0. The van der Waals surface area contributed by atoms with E-state index in [2.05, 4.69) is 13.8 Å². The van der Waals surface area contributed by atoms with Crippen molar-refractivity contribution in [2.24, 2.45) is 0 Å². The molecule has 0 N–H and O–H groups in total. The van der Waals surface area contributed by atoms with Crippen LogP contribution in [0, 0.1) is 0 Å². The average Bonchev–Trinajstić information content (AvgIpc) is 2.49. The maximum atomic E-state index is 13.5. The van der Waals surface area contributed by atoms with Crippen LogP contribution in [-0.4, -0.2) is 18.0 Å². The van der Waals surface area contributed by atoms with Crippen molar-refractivity contribution in [2.75, 3.05) is 12.3 Å². The molecule has 0 amide bonds. The Morgan fingerprint density at radius 3 is 1.70 bits per heavy atom. The van der Waals surface area contributed by atoms with Crippen LogP contribution in [0.3, 0.4) is 0 Å². The summed E-state index contributed by atoms with van der Waals surface area (Å²) in [7, 11) is -1.88. The number of unbranched alkanes of at least 4 members (excludes halogenated alkanes) is 6. The van der Waals surface area contributed by atoms with E-state index in [4.69, 9.17) is 0 Å². The monoisotopic (exact) mass is 300 g/mol. The van der Waals surface area contributed by atoms with Crippen LogP contribution in [-0.2, 0) is 4.57 Å². The number of hydrogen-bond donors (Lipinski definition) is 0. The molecule has 0 aromatic carbocycles. The average molecular weight is 300 g/mol. The van der Waals surface area contributed by atoms with Crippen molar-refractivity contribution in [1.82, 2.24) is 0 Å². The van der Waals surface area contributed by atoms with Crippen molar-refractivity contribution in [3.8, 4) is 0 Å². The molecule has 120 valence electrons. The second kappa shape index (κ2) is 10.9. The van der Waals surface area contributed by atoms with Crippen LogP contribution in [0.5, 0.6) is 0 Å². The minimum absolute atomic E-state index is 0.597. The molecule has 1 rings (SSSR count). The van der Waals surface area contributed by atoms with E-state index in [1.165, 1.54) is 83.5 Å². The normalized spacial score (nSPS) is 17.5. The first-order valence-electron chi connectivity index (χ1n) is 9.30. The highest BCUT2D eigenvalue weighted by Crippen LogP contribution is 2.56. The fraction of sp³-hybridized carbons (Fsp3) is 1.00. The Morgan fingerprint density at radius 1 is 0.750 bits per heavy atom. The van der Waals surface area contributed by atoms with Crippen LogP contribution >= 0.6 is 7.14 Å². The minimum Gasteiger partial charge on any atom is -0.323 e. The zero-order valence-electron chi connectivity index (χ0n) is 14.0. The van der Waals surface area contributed by atoms with E-state index in [1.54, 1.807) is 0 Å². The van der Waals surface area contributed by atoms with Gasteiger partial charge in [-0.2, -0.15) is 0 Å². The van der Waals surface area contributed by atoms with Crippen LogP contribution in [0.15, 0.2) is 0 Å². The topological polar surface area (TPSA) is 17.1 Å². The molecule has 0 spiro atoms. The van der Waals surface area contributed by atoms with Crippen LogP contribution in [0.2, 0.25) is 0 Å². The van der Waals surface area contributed by atoms with Gasteiger partial charge in [0.25, 0.3) is 0 Å². The van der Waals surface area contributed by atoms with Crippen LogP contribution in [0.4, 0.5) is 0 Å². The largest absolute Gasteiger partial charge is 0.323 e. The smallest absolute Gasteiger partial charge is 0.0906 e. The Hall–Kier alpha value is 0.230. The molecule has 1 aliphatic rings. The van der Waals surface area contributed by atoms with Crippen molar-refractivity contribution >= 4 is 7.14 Å². The quantitative estimate of drug-likeness (QED) is 0.301. The number of rotatable bonds is 11. The Morgan fingerprint density at radius 2 is 1.25 bits per heavy atom. The first-order chi connectivity index (χ1) is 9.73. The summed E-state index contributed by atoms with van der Waals surface area (Å²) in [5, 5.41) is 0. The molecule has 0 atom stereocenters. The molecule has 0 radical (unpaired) electrons. The summed E-state index contributed by atoms with van der Waals surface area (Å²) in [6.45, 7) is 4.51. The highest BCUT2D eigenvalue weighted by atomic mass is 31.2. The SMILES string of the molecule is CCCCCCP(=O)(CCCCCC)C1CCCCC1. The summed E-state index contributed by atoms with van der Waals surface area (Å²) in [6.07, 6.45) is 18.9. The standard InChI is InChI=1S/C18H37OP/c1-3-5-7-12-16-20(19,17-13-8-6-4-2)18-14-10-9-11-15-18/h18H,3-17H2,1-2H3. The van der Waals surface area contributed by atoms with E-state index in [1.807, 2.05) is 0 Å². The van der Waals surface area contributed by atoms with Gasteiger partial charge in [0, 0.05) is 18.0 Å². The van der Waals surface area contributed by atoms with Gasteiger partial charge in [0.15, 0.2) is 0 Å². The lowest BCUT2D eigenvalue weighted by molar-refractivity contribution is 0.478. The molecule has 0 aromatic heterocycles. The van der Waals surface area contributed by atoms with Gasteiger partial charge in [-0.25, -0.2) is 0 Å². The summed E-state index contributed by atoms with van der Waals surface area (Å²) in [5.41, 5.74) is 0.597. The van der Waals surface area contributed by atoms with Crippen molar-refractivity contribution in [3.05, 3.63) is 0 Å². The molecule has 0 saturated heterocycles. The summed E-state index contributed by atoms with van der Waals surface area (Å²) >= 11 is 0. The molecule has 0 bridgehead atoms. The Bertz CT molecular complexity index is 253. The van der Waals surface area contributed by atoms with Crippen molar-refractivity contribution in [2.45, 2.75) is 103 Å². The molecule has 0 aliphatic heterocycles. The summed E-state index contributed by atoms with van der Waals surface area (Å²) in [6, 6.07) is 0. The molecule has 2 heteroatoms. The van der Waals surface area contributed by atoms with Gasteiger partial charge >= 0.3 is 0 Å². The zero-order valence-corrected chi connectivity index (χ0v) is 14.9. The first kappa shape index (κ1) is 18.3. The molecule has 0 aromatic rings. The second-order valence-electron chi connectivity index (χ2n) is 6.81. The van der Waals surface area contributed by atoms with Crippen molar-refractivity contribution in [1.29, 1.82) is 0 Å². The lowest BCUT2D eigenvalue weighted by Gasteiger charge is -2.31. The highest BCUT2D eigenvalue weighted by Gasteiger charge is 2.32. The molecule has 0 unspecified atom stereocenters. The Kier molecular flexibility index (Phi) is 9.95. The predicted octanol–water partition coefficient (Wildman–Crippen LogP) is 6.84. The fourth-order valence-electron chi connectivity index (χ4n) is 3.64. The Balaban J connectivity index is 2.44. The summed E-state index contributed by atoms with van der Waals surface area (Å²) < 4.78 is 13.5. The molecule has 20 heavy (non-hydrogen) atoms. The Labute approximate surface area is 127 Å². The second-order valence-corrected chi connectivity index (χ2v) is 10.3. The fourth-order valence-corrected chi connectivity index (χ4v) is 7.42. The van der Waals surface area contributed by atoms with Crippen LogP contribution in [0.25, 0.3) is 0 Å². The van der Waals surface area contributed by atoms with Gasteiger partial charge in [0.2, 0.25) is 0 Å². The van der Waals surface area contributed by atoms with Gasteiger partial charge in [-0.1, -0.05) is 71.6 Å². The number of hydrogen-bond acceptors (Lipinski definition) is 1. The van der Waals surface area contributed by atoms with E-state index in [-0.39, 0.29) is 0 Å². The third-order valence-corrected chi connectivity index (χ3v) is 9.01. The predicted molar refractivity (Wildman–Crippen MR) is 92.5 cm³/mol. The zero-order chi connectivity index (χ0) is 14.7. The maximum absolute atomic E-state index is 13.5. The molecular weight excluding hydrogens is 263 g/mol. The van der Waals surface area contributed by atoms with Crippen LogP contribution in [0.1, 0.15) is 97.3 Å². The van der Waals surface area contributed by atoms with E-state index in [0.29, 0.717) is 5.66 Å². The van der Waals surface area contributed by atoms with Crippen molar-refractivity contribution < 1.29 is 4.57 Å². The molecular formula is C18H37OP. The van der Waals surface area contributed by atoms with Crippen molar-refractivity contribution in [3.63, 3.8) is 0 Å². The van der Waals surface area contributed by atoms with Crippen LogP contribution < -0.4 is 0 Å². The molecule has 1 fully saturated rings. The van der Waals surface area contributed by atoms with E-state index >= 15 is 0 Å². The van der Waals surface area contributed by atoms with E-state index in [9.17, 15) is 4.57 Å². The van der Waals surface area contributed by atoms with E-state index in [0.717, 1.165) is 12.3 Å². The first-order valence-corrected chi connectivity index (χ1v) is 11.5. The third-order valence-electron chi connectivity index (χ3n) is 5.02. The van der Waals surface area contributed by atoms with Gasteiger partial charge in [-0.15, -0.1) is 0 Å². The van der Waals surface area contributed by atoms with Gasteiger partial charge in [0.05, 0.1) is 7.14 Å². The molecule has 0 heterocycles. The minimum atomic E-state index is -1.88. The third kappa shape index (κ3) is 6.79. The lowest BCUT2D eigenvalue weighted by Crippen LogP contribution is -2.17. The van der Waals surface area contributed by atoms with Gasteiger partial charge in [-0.3, -0.25) is 0 Å².